The molecule has 3 aromatic rings. The molecule has 1 aromatic carbocycles. The van der Waals surface area contributed by atoms with Crippen LogP contribution < -0.4 is 5.32 Å². The Morgan fingerprint density at radius 2 is 1.97 bits per heavy atom. The molecule has 2 aromatic heterocycles. The van der Waals surface area contributed by atoms with E-state index in [1.165, 1.54) is 12.1 Å². The molecule has 162 valence electrons. The largest absolute Gasteiger partial charge is 0.380 e. The lowest BCUT2D eigenvalue weighted by Gasteiger charge is -2.38. The standard InChI is InChI=1S/C23H26FN5O2/c1-14(2)20-18(21(30)26-11-23(4)12-31-13-23)10-27-29(20)22-25-9-15(3)19(28-22)16-5-7-17(24)8-6-16/h5-10,14H,11-13H2,1-4H3,(H,26,30). The van der Waals surface area contributed by atoms with Crippen LogP contribution in [-0.2, 0) is 4.74 Å². The minimum atomic E-state index is -0.303. The molecule has 0 unspecified atom stereocenters. The SMILES string of the molecule is Cc1cnc(-n2ncc(C(=O)NCC3(C)COC3)c2C(C)C)nc1-c1ccc(F)cc1. The Labute approximate surface area is 180 Å². The van der Waals surface area contributed by atoms with Crippen molar-refractivity contribution in [3.8, 4) is 17.2 Å². The minimum Gasteiger partial charge on any atom is -0.380 e. The van der Waals surface area contributed by atoms with Crippen molar-refractivity contribution in [3.63, 3.8) is 0 Å². The van der Waals surface area contributed by atoms with E-state index in [2.05, 4.69) is 27.3 Å². The smallest absolute Gasteiger partial charge is 0.254 e. The highest BCUT2D eigenvalue weighted by Crippen LogP contribution is 2.27. The van der Waals surface area contributed by atoms with Crippen LogP contribution >= 0.6 is 0 Å². The van der Waals surface area contributed by atoms with Gasteiger partial charge in [0.2, 0.25) is 0 Å². The summed E-state index contributed by atoms with van der Waals surface area (Å²) < 4.78 is 20.2. The third-order valence-electron chi connectivity index (χ3n) is 5.44. The number of nitrogens with zero attached hydrogens (tertiary/aromatic N) is 4. The molecule has 1 saturated heterocycles. The summed E-state index contributed by atoms with van der Waals surface area (Å²) in [5.74, 6) is -0.0890. The average Bonchev–Trinajstić information content (AvgIpc) is 3.17. The van der Waals surface area contributed by atoms with Crippen LogP contribution in [0.4, 0.5) is 4.39 Å². The molecular formula is C23H26FN5O2. The van der Waals surface area contributed by atoms with Gasteiger partial charge in [-0.05, 0) is 42.7 Å². The van der Waals surface area contributed by atoms with Crippen molar-refractivity contribution >= 4 is 5.91 Å². The van der Waals surface area contributed by atoms with Crippen molar-refractivity contribution in [2.24, 2.45) is 5.41 Å². The molecule has 0 radical (unpaired) electrons. The van der Waals surface area contributed by atoms with Crippen LogP contribution in [0, 0.1) is 18.2 Å². The predicted octanol–water partition coefficient (Wildman–Crippen LogP) is 3.67. The molecule has 1 aliphatic rings. The molecule has 1 N–H and O–H groups in total. The van der Waals surface area contributed by atoms with E-state index in [0.717, 1.165) is 16.8 Å². The molecule has 0 atom stereocenters. The van der Waals surface area contributed by atoms with Gasteiger partial charge in [-0.3, -0.25) is 4.79 Å². The highest BCUT2D eigenvalue weighted by atomic mass is 19.1. The Balaban J connectivity index is 1.67. The molecule has 1 amide bonds. The van der Waals surface area contributed by atoms with Crippen LogP contribution in [0.2, 0.25) is 0 Å². The molecule has 3 heterocycles. The molecule has 1 fully saturated rings. The van der Waals surface area contributed by atoms with Crippen LogP contribution in [0.15, 0.2) is 36.7 Å². The van der Waals surface area contributed by atoms with Gasteiger partial charge in [-0.25, -0.2) is 19.0 Å². The van der Waals surface area contributed by atoms with Crippen molar-refractivity contribution in [2.45, 2.75) is 33.6 Å². The van der Waals surface area contributed by atoms with Crippen LogP contribution in [0.3, 0.4) is 0 Å². The zero-order chi connectivity index (χ0) is 22.2. The molecule has 0 saturated carbocycles. The maximum absolute atomic E-state index is 13.3. The monoisotopic (exact) mass is 423 g/mol. The molecule has 7 nitrogen and oxygen atoms in total. The van der Waals surface area contributed by atoms with Crippen LogP contribution in [0.5, 0.6) is 0 Å². The van der Waals surface area contributed by atoms with Crippen LogP contribution in [-0.4, -0.2) is 45.4 Å². The molecular weight excluding hydrogens is 397 g/mol. The van der Waals surface area contributed by atoms with Crippen molar-refractivity contribution in [3.05, 3.63) is 59.3 Å². The molecule has 0 spiro atoms. The van der Waals surface area contributed by atoms with Gasteiger partial charge in [0, 0.05) is 23.7 Å². The van der Waals surface area contributed by atoms with Gasteiger partial charge in [-0.15, -0.1) is 0 Å². The van der Waals surface area contributed by atoms with Crippen molar-refractivity contribution in [1.29, 1.82) is 0 Å². The summed E-state index contributed by atoms with van der Waals surface area (Å²) in [5.41, 5.74) is 3.57. The molecule has 8 heteroatoms. The molecule has 0 bridgehead atoms. The second-order valence-corrected chi connectivity index (χ2v) is 8.70. The Bertz CT molecular complexity index is 1100. The lowest BCUT2D eigenvalue weighted by Crippen LogP contribution is -2.48. The number of aryl methyl sites for hydroxylation is 1. The first kappa shape index (κ1) is 21.1. The number of aromatic nitrogens is 4. The van der Waals surface area contributed by atoms with Gasteiger partial charge in [0.25, 0.3) is 11.9 Å². The molecule has 31 heavy (non-hydrogen) atoms. The summed E-state index contributed by atoms with van der Waals surface area (Å²) in [5, 5.41) is 7.44. The van der Waals surface area contributed by atoms with Crippen LogP contribution in [0.1, 0.15) is 48.3 Å². The highest BCUT2D eigenvalue weighted by Gasteiger charge is 2.34. The summed E-state index contributed by atoms with van der Waals surface area (Å²) in [6.07, 6.45) is 3.27. The van der Waals surface area contributed by atoms with E-state index in [-0.39, 0.29) is 23.1 Å². The van der Waals surface area contributed by atoms with Gasteiger partial charge in [0.15, 0.2) is 0 Å². The Morgan fingerprint density at radius 1 is 1.26 bits per heavy atom. The third kappa shape index (κ3) is 4.20. The molecule has 4 rings (SSSR count). The van der Waals surface area contributed by atoms with E-state index in [4.69, 9.17) is 4.74 Å². The average molecular weight is 423 g/mol. The fraction of sp³-hybridized carbons (Fsp3) is 0.391. The number of hydrogen-bond donors (Lipinski definition) is 1. The third-order valence-corrected chi connectivity index (χ3v) is 5.44. The first-order valence-electron chi connectivity index (χ1n) is 10.3. The number of rotatable bonds is 6. The number of ether oxygens (including phenoxy) is 1. The minimum absolute atomic E-state index is 0.0186. The number of carbonyl (C=O) groups excluding carboxylic acids is 1. The molecule has 1 aliphatic heterocycles. The summed E-state index contributed by atoms with van der Waals surface area (Å²) in [6.45, 7) is 9.82. The van der Waals surface area contributed by atoms with E-state index in [1.54, 1.807) is 29.2 Å². The number of amides is 1. The Hall–Kier alpha value is -3.13. The first-order valence-corrected chi connectivity index (χ1v) is 10.3. The van der Waals surface area contributed by atoms with E-state index >= 15 is 0 Å². The maximum Gasteiger partial charge on any atom is 0.254 e. The second kappa shape index (κ2) is 8.19. The zero-order valence-corrected chi connectivity index (χ0v) is 18.1. The summed E-state index contributed by atoms with van der Waals surface area (Å²) >= 11 is 0. The Morgan fingerprint density at radius 3 is 2.58 bits per heavy atom. The quantitative estimate of drug-likeness (QED) is 0.654. The first-order chi connectivity index (χ1) is 14.8. The van der Waals surface area contributed by atoms with Gasteiger partial charge in [-0.1, -0.05) is 20.8 Å². The number of halogens is 1. The van der Waals surface area contributed by atoms with Crippen LogP contribution in [0.25, 0.3) is 17.2 Å². The van der Waals surface area contributed by atoms with Gasteiger partial charge in [0.1, 0.15) is 5.82 Å². The number of carbonyl (C=O) groups is 1. The van der Waals surface area contributed by atoms with Gasteiger partial charge < -0.3 is 10.1 Å². The zero-order valence-electron chi connectivity index (χ0n) is 18.1. The fourth-order valence-electron chi connectivity index (χ4n) is 3.62. The van der Waals surface area contributed by atoms with Crippen molar-refractivity contribution in [1.82, 2.24) is 25.1 Å². The van der Waals surface area contributed by atoms with Crippen molar-refractivity contribution < 1.29 is 13.9 Å². The van der Waals surface area contributed by atoms with E-state index in [9.17, 15) is 9.18 Å². The van der Waals surface area contributed by atoms with E-state index in [0.29, 0.717) is 37.0 Å². The lowest BCUT2D eigenvalue weighted by atomic mass is 9.88. The van der Waals surface area contributed by atoms with Gasteiger partial charge >= 0.3 is 0 Å². The summed E-state index contributed by atoms with van der Waals surface area (Å²) in [4.78, 5) is 22.0. The number of nitrogens with one attached hydrogen (secondary N) is 1. The summed E-state index contributed by atoms with van der Waals surface area (Å²) in [6, 6.07) is 6.18. The fourth-order valence-corrected chi connectivity index (χ4v) is 3.62. The Kier molecular flexibility index (Phi) is 5.58. The van der Waals surface area contributed by atoms with E-state index < -0.39 is 0 Å². The second-order valence-electron chi connectivity index (χ2n) is 8.70. The van der Waals surface area contributed by atoms with E-state index in [1.807, 2.05) is 20.8 Å². The highest BCUT2D eigenvalue weighted by molar-refractivity contribution is 5.95. The predicted molar refractivity (Wildman–Crippen MR) is 115 cm³/mol. The normalized spacial score (nSPS) is 15.0. The number of benzene rings is 1. The topological polar surface area (TPSA) is 81.9 Å². The van der Waals surface area contributed by atoms with Crippen molar-refractivity contribution in [2.75, 3.05) is 19.8 Å². The van der Waals surface area contributed by atoms with Gasteiger partial charge in [-0.2, -0.15) is 5.10 Å². The number of hydrogen-bond acceptors (Lipinski definition) is 5. The maximum atomic E-state index is 13.3. The lowest BCUT2D eigenvalue weighted by molar-refractivity contribution is -0.0978. The molecule has 0 aliphatic carbocycles. The van der Waals surface area contributed by atoms with Gasteiger partial charge in [0.05, 0.1) is 36.4 Å². The summed E-state index contributed by atoms with van der Waals surface area (Å²) in [7, 11) is 0.